The molecule has 23 heavy (non-hydrogen) atoms. The minimum absolute atomic E-state index is 0.0440. The number of nitrogens with one attached hydrogen (secondary N) is 1. The van der Waals surface area contributed by atoms with Gasteiger partial charge in [0.25, 0.3) is 0 Å². The van der Waals surface area contributed by atoms with Gasteiger partial charge in [-0.25, -0.2) is 0 Å². The van der Waals surface area contributed by atoms with Gasteiger partial charge in [0, 0.05) is 18.5 Å². The van der Waals surface area contributed by atoms with Crippen molar-refractivity contribution in [1.82, 2.24) is 10.2 Å². The third-order valence-electron chi connectivity index (χ3n) is 3.60. The number of fused-ring (bicyclic) bond motifs is 1. The van der Waals surface area contributed by atoms with Crippen molar-refractivity contribution in [3.05, 3.63) is 36.1 Å². The Hall–Kier alpha value is -1.53. The molecule has 2 rings (SSSR count). The Morgan fingerprint density at radius 1 is 1.35 bits per heavy atom. The summed E-state index contributed by atoms with van der Waals surface area (Å²) in [4.78, 5) is 14.2. The molecule has 0 aliphatic carbocycles. The zero-order valence-electron chi connectivity index (χ0n) is 13.7. The number of thioether (sulfide) groups is 1. The molecule has 1 heterocycles. The van der Waals surface area contributed by atoms with Gasteiger partial charge < -0.3 is 14.6 Å². The van der Waals surface area contributed by atoms with Crippen LogP contribution in [0.3, 0.4) is 0 Å². The number of thiocarbonyl (C=S) groups is 1. The zero-order chi connectivity index (χ0) is 16.8. The molecule has 0 saturated heterocycles. The van der Waals surface area contributed by atoms with Gasteiger partial charge in [-0.3, -0.25) is 4.79 Å². The fraction of sp³-hybridized carbons (Fsp3) is 0.412. The molecular weight excluding hydrogens is 328 g/mol. The standard InChI is InChI=1S/C17H22N2O2S2/c1-4-19(5-2)17(22)23-11-16(20)18-12(3)15-10-13-8-6-7-9-14(13)21-15/h6-10,12H,4-5,11H2,1-3H3,(H,18,20)/t12-/m1/s1. The van der Waals surface area contributed by atoms with Crippen LogP contribution in [0.25, 0.3) is 11.0 Å². The average molecular weight is 351 g/mol. The lowest BCUT2D eigenvalue weighted by Crippen LogP contribution is -2.31. The van der Waals surface area contributed by atoms with Crippen LogP contribution in [0.5, 0.6) is 0 Å². The quantitative estimate of drug-likeness (QED) is 0.799. The molecule has 1 aromatic heterocycles. The van der Waals surface area contributed by atoms with E-state index in [9.17, 15) is 4.79 Å². The predicted octanol–water partition coefficient (Wildman–Crippen LogP) is 3.97. The third-order valence-corrected chi connectivity index (χ3v) is 5.12. The number of nitrogens with zero attached hydrogens (tertiary/aromatic N) is 1. The first kappa shape index (κ1) is 17.8. The Kier molecular flexibility index (Phi) is 6.47. The average Bonchev–Trinajstić information content (AvgIpc) is 2.98. The van der Waals surface area contributed by atoms with E-state index in [-0.39, 0.29) is 11.9 Å². The van der Waals surface area contributed by atoms with E-state index < -0.39 is 0 Å². The fourth-order valence-corrected chi connectivity index (χ4v) is 3.48. The Balaban J connectivity index is 1.88. The van der Waals surface area contributed by atoms with E-state index in [0.717, 1.165) is 34.1 Å². The SMILES string of the molecule is CCN(CC)C(=S)SCC(=O)N[C@H](C)c1cc2ccccc2o1. The van der Waals surface area contributed by atoms with Gasteiger partial charge in [-0.05, 0) is 32.9 Å². The van der Waals surface area contributed by atoms with Gasteiger partial charge >= 0.3 is 0 Å². The molecule has 0 unspecified atom stereocenters. The molecule has 6 heteroatoms. The Morgan fingerprint density at radius 3 is 2.70 bits per heavy atom. The number of amides is 1. The smallest absolute Gasteiger partial charge is 0.231 e. The van der Waals surface area contributed by atoms with Crippen molar-refractivity contribution in [3.63, 3.8) is 0 Å². The molecule has 0 fully saturated rings. The normalized spacial score (nSPS) is 12.1. The maximum Gasteiger partial charge on any atom is 0.231 e. The molecular formula is C17H22N2O2S2. The van der Waals surface area contributed by atoms with Crippen molar-refractivity contribution in [2.24, 2.45) is 0 Å². The van der Waals surface area contributed by atoms with Crippen LogP contribution in [-0.4, -0.2) is 34.0 Å². The van der Waals surface area contributed by atoms with Gasteiger partial charge in [0.05, 0.1) is 11.8 Å². The second-order valence-electron chi connectivity index (χ2n) is 5.20. The second kappa shape index (κ2) is 8.36. The number of furan rings is 1. The Bertz CT molecular complexity index is 647. The number of para-hydroxylation sites is 1. The molecule has 124 valence electrons. The number of hydrogen-bond acceptors (Lipinski definition) is 4. The van der Waals surface area contributed by atoms with Gasteiger partial charge in [0.2, 0.25) is 5.91 Å². The van der Waals surface area contributed by atoms with E-state index in [4.69, 9.17) is 16.6 Å². The van der Waals surface area contributed by atoms with Crippen molar-refractivity contribution in [2.45, 2.75) is 26.8 Å². The predicted molar refractivity (Wildman–Crippen MR) is 101 cm³/mol. The van der Waals surface area contributed by atoms with Gasteiger partial charge in [0.15, 0.2) is 0 Å². The van der Waals surface area contributed by atoms with Crippen molar-refractivity contribution < 1.29 is 9.21 Å². The van der Waals surface area contributed by atoms with Crippen LogP contribution >= 0.6 is 24.0 Å². The van der Waals surface area contributed by atoms with Crippen LogP contribution in [0.15, 0.2) is 34.7 Å². The second-order valence-corrected chi connectivity index (χ2v) is 6.81. The number of benzene rings is 1. The maximum absolute atomic E-state index is 12.1. The zero-order valence-corrected chi connectivity index (χ0v) is 15.3. The topological polar surface area (TPSA) is 45.5 Å². The van der Waals surface area contributed by atoms with E-state index >= 15 is 0 Å². The van der Waals surface area contributed by atoms with Gasteiger partial charge in [-0.2, -0.15) is 0 Å². The summed E-state index contributed by atoms with van der Waals surface area (Å²) in [6, 6.07) is 9.62. The lowest BCUT2D eigenvalue weighted by atomic mass is 10.2. The first-order chi connectivity index (χ1) is 11.0. The lowest BCUT2D eigenvalue weighted by Gasteiger charge is -2.20. The molecule has 0 spiro atoms. The maximum atomic E-state index is 12.1. The van der Waals surface area contributed by atoms with Crippen LogP contribution in [0.1, 0.15) is 32.6 Å². The molecule has 0 aliphatic rings. The molecule has 1 atom stereocenters. The van der Waals surface area contributed by atoms with Crippen molar-refractivity contribution in [1.29, 1.82) is 0 Å². The van der Waals surface area contributed by atoms with Gasteiger partial charge in [-0.15, -0.1) is 0 Å². The van der Waals surface area contributed by atoms with E-state index in [2.05, 4.69) is 24.1 Å². The summed E-state index contributed by atoms with van der Waals surface area (Å²) in [5.41, 5.74) is 0.834. The van der Waals surface area contributed by atoms with Crippen molar-refractivity contribution >= 4 is 45.2 Å². The van der Waals surface area contributed by atoms with E-state index in [1.165, 1.54) is 11.8 Å². The molecule has 0 bridgehead atoms. The van der Waals surface area contributed by atoms with E-state index in [1.807, 2.05) is 37.3 Å². The number of rotatable bonds is 6. The highest BCUT2D eigenvalue weighted by Crippen LogP contribution is 2.23. The largest absolute Gasteiger partial charge is 0.459 e. The minimum Gasteiger partial charge on any atom is -0.459 e. The molecule has 1 amide bonds. The molecule has 1 aromatic carbocycles. The molecule has 4 nitrogen and oxygen atoms in total. The Morgan fingerprint density at radius 2 is 2.04 bits per heavy atom. The Labute approximate surface area is 146 Å². The highest BCUT2D eigenvalue weighted by Gasteiger charge is 2.15. The van der Waals surface area contributed by atoms with E-state index in [1.54, 1.807) is 0 Å². The number of hydrogen-bond donors (Lipinski definition) is 1. The van der Waals surface area contributed by atoms with Crippen LogP contribution < -0.4 is 5.32 Å². The highest BCUT2D eigenvalue weighted by molar-refractivity contribution is 8.23. The third kappa shape index (κ3) is 4.72. The minimum atomic E-state index is -0.169. The van der Waals surface area contributed by atoms with Crippen LogP contribution in [0, 0.1) is 0 Å². The summed E-state index contributed by atoms with van der Waals surface area (Å²) in [5.74, 6) is 1.04. The molecule has 0 aliphatic heterocycles. The van der Waals surface area contributed by atoms with Crippen molar-refractivity contribution in [3.8, 4) is 0 Å². The summed E-state index contributed by atoms with van der Waals surface area (Å²) in [5, 5.41) is 4.00. The monoisotopic (exact) mass is 350 g/mol. The number of carbonyl (C=O) groups excluding carboxylic acids is 1. The van der Waals surface area contributed by atoms with Gasteiger partial charge in [-0.1, -0.05) is 42.2 Å². The fourth-order valence-electron chi connectivity index (χ4n) is 2.27. The summed E-state index contributed by atoms with van der Waals surface area (Å²) in [6.45, 7) is 7.75. The van der Waals surface area contributed by atoms with Crippen LogP contribution in [-0.2, 0) is 4.79 Å². The summed E-state index contributed by atoms with van der Waals surface area (Å²) >= 11 is 6.73. The van der Waals surface area contributed by atoms with E-state index in [0.29, 0.717) is 5.75 Å². The first-order valence-corrected chi connectivity index (χ1v) is 9.14. The molecule has 1 N–H and O–H groups in total. The van der Waals surface area contributed by atoms with Crippen LogP contribution in [0.2, 0.25) is 0 Å². The summed E-state index contributed by atoms with van der Waals surface area (Å²) in [7, 11) is 0. The van der Waals surface area contributed by atoms with Crippen LogP contribution in [0.4, 0.5) is 0 Å². The molecule has 0 radical (unpaired) electrons. The van der Waals surface area contributed by atoms with Crippen molar-refractivity contribution in [2.75, 3.05) is 18.8 Å². The first-order valence-electron chi connectivity index (χ1n) is 7.74. The van der Waals surface area contributed by atoms with Gasteiger partial charge in [0.1, 0.15) is 15.7 Å². The lowest BCUT2D eigenvalue weighted by molar-refractivity contribution is -0.119. The number of carbonyl (C=O) groups is 1. The highest BCUT2D eigenvalue weighted by atomic mass is 32.2. The summed E-state index contributed by atoms with van der Waals surface area (Å²) < 4.78 is 6.54. The summed E-state index contributed by atoms with van der Waals surface area (Å²) in [6.07, 6.45) is 0. The molecule has 0 saturated carbocycles. The molecule has 2 aromatic rings.